The zero-order valence-electron chi connectivity index (χ0n) is 21.9. The van der Waals surface area contributed by atoms with Crippen molar-refractivity contribution in [1.29, 1.82) is 0 Å². The van der Waals surface area contributed by atoms with E-state index in [1.165, 1.54) is 32.0 Å². The van der Waals surface area contributed by atoms with E-state index >= 15 is 0 Å². The molecule has 1 aliphatic rings. The molecule has 0 aliphatic carbocycles. The first-order valence-corrected chi connectivity index (χ1v) is 12.7. The fourth-order valence-corrected chi connectivity index (χ4v) is 4.44. The Morgan fingerprint density at radius 2 is 1.54 bits per heavy atom. The summed E-state index contributed by atoms with van der Waals surface area (Å²) in [4.78, 5) is 35.2. The molecule has 208 valence electrons. The van der Waals surface area contributed by atoms with Crippen LogP contribution in [0.5, 0.6) is 11.5 Å². The Labute approximate surface area is 226 Å². The molecule has 1 aliphatic heterocycles. The number of hydrogen-bond acceptors (Lipinski definition) is 8. The molecule has 11 heteroatoms. The summed E-state index contributed by atoms with van der Waals surface area (Å²) < 4.78 is 11.6. The lowest BCUT2D eigenvalue weighted by Gasteiger charge is -2.29. The quantitative estimate of drug-likeness (QED) is 0.147. The number of dihydropyridines is 1. The SMILES string of the molecule is CC1=C(C(=O)O)C(c2cc([N+](=O)[O-])ccc2OCCCCNCCCOc2ccccc2)C(C(=O)O)=C(C)N1. The molecule has 0 radical (unpaired) electrons. The maximum atomic E-state index is 12.1. The minimum Gasteiger partial charge on any atom is -0.494 e. The molecule has 0 saturated heterocycles. The van der Waals surface area contributed by atoms with Gasteiger partial charge >= 0.3 is 11.9 Å². The number of ether oxygens (including phenoxy) is 2. The van der Waals surface area contributed by atoms with Crippen molar-refractivity contribution in [2.24, 2.45) is 0 Å². The predicted molar refractivity (Wildman–Crippen MR) is 144 cm³/mol. The summed E-state index contributed by atoms with van der Waals surface area (Å²) in [6.07, 6.45) is 2.32. The number of para-hydroxylation sites is 1. The largest absolute Gasteiger partial charge is 0.494 e. The number of allylic oxidation sites excluding steroid dienone is 2. The molecule has 2 aromatic carbocycles. The Hall–Kier alpha value is -4.38. The first-order chi connectivity index (χ1) is 18.7. The van der Waals surface area contributed by atoms with Gasteiger partial charge in [-0.3, -0.25) is 10.1 Å². The number of non-ortho nitro benzene ring substituents is 1. The third-order valence-corrected chi connectivity index (χ3v) is 6.25. The van der Waals surface area contributed by atoms with Crippen molar-refractivity contribution in [1.82, 2.24) is 10.6 Å². The summed E-state index contributed by atoms with van der Waals surface area (Å²) in [5, 5.41) is 37.4. The average Bonchev–Trinajstić information content (AvgIpc) is 2.89. The smallest absolute Gasteiger partial charge is 0.334 e. The number of carboxylic acid groups (broad SMARTS) is 2. The summed E-state index contributed by atoms with van der Waals surface area (Å²) in [7, 11) is 0. The van der Waals surface area contributed by atoms with Crippen LogP contribution in [0.1, 0.15) is 44.6 Å². The number of unbranched alkanes of at least 4 members (excludes halogenated alkanes) is 1. The molecule has 11 nitrogen and oxygen atoms in total. The lowest BCUT2D eigenvalue weighted by Crippen LogP contribution is -2.31. The molecular weight excluding hydrogens is 506 g/mol. The van der Waals surface area contributed by atoms with Crippen LogP contribution in [0.25, 0.3) is 0 Å². The number of nitrogens with one attached hydrogen (secondary N) is 2. The van der Waals surface area contributed by atoms with Crippen molar-refractivity contribution < 1.29 is 34.2 Å². The van der Waals surface area contributed by atoms with Crippen molar-refractivity contribution in [2.75, 3.05) is 26.3 Å². The summed E-state index contributed by atoms with van der Waals surface area (Å²) in [5.41, 5.74) is -0.0650. The topological polar surface area (TPSA) is 160 Å². The van der Waals surface area contributed by atoms with Gasteiger partial charge in [0.05, 0.1) is 35.2 Å². The van der Waals surface area contributed by atoms with Crippen molar-refractivity contribution in [2.45, 2.75) is 39.0 Å². The standard InChI is InChI=1S/C28H33N3O8/c1-18-24(27(32)33)26(25(28(34)35)19(2)30-18)22-17-20(31(36)37)11-12-23(22)39-15-7-6-13-29-14-8-16-38-21-9-4-3-5-10-21/h3-5,9-12,17,26,29-30H,6-8,13-16H2,1-2H3,(H,32,33)(H,34,35). The minimum absolute atomic E-state index is 0.121. The molecule has 0 unspecified atom stereocenters. The Kier molecular flexibility index (Phi) is 10.4. The number of aliphatic carboxylic acids is 2. The summed E-state index contributed by atoms with van der Waals surface area (Å²) in [5.74, 6) is -2.86. The maximum Gasteiger partial charge on any atom is 0.334 e. The molecular formula is C28H33N3O8. The van der Waals surface area contributed by atoms with E-state index in [0.717, 1.165) is 31.7 Å². The van der Waals surface area contributed by atoms with Gasteiger partial charge in [-0.05, 0) is 64.4 Å². The third kappa shape index (κ3) is 7.81. The number of benzene rings is 2. The number of hydrogen-bond donors (Lipinski definition) is 4. The second-order valence-corrected chi connectivity index (χ2v) is 9.05. The van der Waals surface area contributed by atoms with Gasteiger partial charge in [0.15, 0.2) is 0 Å². The van der Waals surface area contributed by atoms with Gasteiger partial charge in [0.25, 0.3) is 5.69 Å². The molecule has 0 spiro atoms. The molecule has 0 amide bonds. The summed E-state index contributed by atoms with van der Waals surface area (Å²) in [6.45, 7) is 5.48. The first kappa shape index (κ1) is 29.2. The number of carbonyl (C=O) groups is 2. The number of nitro groups is 1. The van der Waals surface area contributed by atoms with Crippen LogP contribution in [0.2, 0.25) is 0 Å². The zero-order chi connectivity index (χ0) is 28.4. The Morgan fingerprint density at radius 3 is 2.15 bits per heavy atom. The number of nitro benzene ring substituents is 1. The number of nitrogens with zero attached hydrogens (tertiary/aromatic N) is 1. The van der Waals surface area contributed by atoms with Crippen LogP contribution < -0.4 is 20.1 Å². The lowest BCUT2D eigenvalue weighted by atomic mass is 9.80. The van der Waals surface area contributed by atoms with Crippen molar-refractivity contribution in [3.63, 3.8) is 0 Å². The van der Waals surface area contributed by atoms with Crippen molar-refractivity contribution in [3.05, 3.63) is 86.7 Å². The van der Waals surface area contributed by atoms with E-state index in [0.29, 0.717) is 13.0 Å². The highest BCUT2D eigenvalue weighted by molar-refractivity contribution is 5.98. The minimum atomic E-state index is -1.33. The van der Waals surface area contributed by atoms with Gasteiger partial charge in [0.1, 0.15) is 11.5 Å². The van der Waals surface area contributed by atoms with Crippen LogP contribution in [0.3, 0.4) is 0 Å². The number of carboxylic acids is 2. The molecule has 0 fully saturated rings. The second kappa shape index (κ2) is 14.0. The van der Waals surface area contributed by atoms with Gasteiger partial charge < -0.3 is 30.3 Å². The fourth-order valence-electron chi connectivity index (χ4n) is 4.44. The van der Waals surface area contributed by atoms with Crippen LogP contribution >= 0.6 is 0 Å². The van der Waals surface area contributed by atoms with Gasteiger partial charge in [-0.1, -0.05) is 18.2 Å². The van der Waals surface area contributed by atoms with E-state index in [4.69, 9.17) is 9.47 Å². The maximum absolute atomic E-state index is 12.1. The van der Waals surface area contributed by atoms with Crippen LogP contribution in [0, 0.1) is 10.1 Å². The summed E-state index contributed by atoms with van der Waals surface area (Å²) >= 11 is 0. The predicted octanol–water partition coefficient (Wildman–Crippen LogP) is 4.22. The van der Waals surface area contributed by atoms with Crippen molar-refractivity contribution >= 4 is 17.6 Å². The van der Waals surface area contributed by atoms with E-state index in [2.05, 4.69) is 10.6 Å². The lowest BCUT2D eigenvalue weighted by molar-refractivity contribution is -0.384. The van der Waals surface area contributed by atoms with E-state index in [9.17, 15) is 29.9 Å². The van der Waals surface area contributed by atoms with Crippen LogP contribution in [0.15, 0.2) is 71.1 Å². The molecule has 0 aromatic heterocycles. The molecule has 1 heterocycles. The van der Waals surface area contributed by atoms with E-state index in [1.807, 2.05) is 30.3 Å². The molecule has 0 atom stereocenters. The van der Waals surface area contributed by atoms with Gasteiger partial charge in [0, 0.05) is 29.1 Å². The molecule has 4 N–H and O–H groups in total. The molecule has 2 aromatic rings. The number of rotatable bonds is 15. The average molecular weight is 540 g/mol. The molecule has 39 heavy (non-hydrogen) atoms. The van der Waals surface area contributed by atoms with Crippen LogP contribution in [-0.2, 0) is 9.59 Å². The molecule has 3 rings (SSSR count). The third-order valence-electron chi connectivity index (χ3n) is 6.25. The van der Waals surface area contributed by atoms with Gasteiger partial charge in [-0.15, -0.1) is 0 Å². The Bertz CT molecular complexity index is 1220. The van der Waals surface area contributed by atoms with Crippen LogP contribution in [0.4, 0.5) is 5.69 Å². The van der Waals surface area contributed by atoms with E-state index in [1.54, 1.807) is 0 Å². The normalized spacial score (nSPS) is 13.7. The first-order valence-electron chi connectivity index (χ1n) is 12.7. The fraction of sp³-hybridized carbons (Fsp3) is 0.357. The molecule has 0 bridgehead atoms. The molecule has 0 saturated carbocycles. The van der Waals surface area contributed by atoms with Gasteiger partial charge in [-0.2, -0.15) is 0 Å². The zero-order valence-corrected chi connectivity index (χ0v) is 21.9. The highest BCUT2D eigenvalue weighted by Gasteiger charge is 2.38. The highest BCUT2D eigenvalue weighted by Crippen LogP contribution is 2.43. The highest BCUT2D eigenvalue weighted by atomic mass is 16.6. The Balaban J connectivity index is 1.62. The summed E-state index contributed by atoms with van der Waals surface area (Å²) in [6, 6.07) is 13.4. The van der Waals surface area contributed by atoms with Crippen LogP contribution in [-0.4, -0.2) is 53.4 Å². The monoisotopic (exact) mass is 539 g/mol. The Morgan fingerprint density at radius 1 is 0.923 bits per heavy atom. The second-order valence-electron chi connectivity index (χ2n) is 9.05. The van der Waals surface area contributed by atoms with Crippen molar-refractivity contribution in [3.8, 4) is 11.5 Å². The van der Waals surface area contributed by atoms with E-state index in [-0.39, 0.29) is 46.1 Å². The van der Waals surface area contributed by atoms with Gasteiger partial charge in [-0.25, -0.2) is 9.59 Å². The van der Waals surface area contributed by atoms with Gasteiger partial charge in [0.2, 0.25) is 0 Å². The van der Waals surface area contributed by atoms with E-state index < -0.39 is 22.8 Å².